The minimum atomic E-state index is -0.297. The minimum absolute atomic E-state index is 0.101. The second kappa shape index (κ2) is 8.12. The van der Waals surface area contributed by atoms with E-state index in [9.17, 15) is 9.18 Å². The average molecular weight is 343 g/mol. The van der Waals surface area contributed by atoms with Gasteiger partial charge in [0.2, 0.25) is 5.91 Å². The van der Waals surface area contributed by atoms with Gasteiger partial charge in [0.1, 0.15) is 24.3 Å². The lowest BCUT2D eigenvalue weighted by atomic mass is 10.1. The number of halogens is 1. The van der Waals surface area contributed by atoms with E-state index in [2.05, 4.69) is 0 Å². The van der Waals surface area contributed by atoms with Gasteiger partial charge in [0, 0.05) is 6.54 Å². The third kappa shape index (κ3) is 4.79. The van der Waals surface area contributed by atoms with Crippen LogP contribution in [0, 0.1) is 12.7 Å². The molecule has 1 atom stereocenters. The van der Waals surface area contributed by atoms with Crippen LogP contribution in [-0.2, 0) is 16.0 Å². The Morgan fingerprint density at radius 3 is 2.76 bits per heavy atom. The normalized spacial score (nSPS) is 17.4. The summed E-state index contributed by atoms with van der Waals surface area (Å²) >= 11 is 0. The first kappa shape index (κ1) is 17.4. The molecule has 0 spiro atoms. The summed E-state index contributed by atoms with van der Waals surface area (Å²) in [6.07, 6.45) is 0.220. The van der Waals surface area contributed by atoms with Crippen LogP contribution in [0.25, 0.3) is 0 Å². The van der Waals surface area contributed by atoms with Gasteiger partial charge in [-0.25, -0.2) is 4.39 Å². The molecule has 0 aliphatic carbocycles. The van der Waals surface area contributed by atoms with Crippen LogP contribution in [0.15, 0.2) is 48.5 Å². The van der Waals surface area contributed by atoms with Crippen LogP contribution in [0.2, 0.25) is 0 Å². The number of morpholine rings is 1. The van der Waals surface area contributed by atoms with Crippen molar-refractivity contribution in [2.45, 2.75) is 19.4 Å². The highest BCUT2D eigenvalue weighted by molar-refractivity contribution is 5.79. The molecule has 0 aromatic heterocycles. The van der Waals surface area contributed by atoms with Gasteiger partial charge in [0.05, 0.1) is 19.6 Å². The highest BCUT2D eigenvalue weighted by Gasteiger charge is 2.25. The molecular formula is C20H22FNO3. The van der Waals surface area contributed by atoms with Crippen LogP contribution in [0.3, 0.4) is 0 Å². The van der Waals surface area contributed by atoms with Crippen molar-refractivity contribution in [3.8, 4) is 5.75 Å². The summed E-state index contributed by atoms with van der Waals surface area (Å²) in [6.45, 7) is 3.95. The quantitative estimate of drug-likeness (QED) is 0.838. The second-order valence-corrected chi connectivity index (χ2v) is 6.20. The molecule has 2 aromatic rings. The molecular weight excluding hydrogens is 321 g/mol. The smallest absolute Gasteiger partial charge is 0.227 e. The van der Waals surface area contributed by atoms with E-state index in [4.69, 9.17) is 9.47 Å². The van der Waals surface area contributed by atoms with Gasteiger partial charge in [-0.3, -0.25) is 4.79 Å². The predicted molar refractivity (Wildman–Crippen MR) is 93.1 cm³/mol. The molecule has 0 N–H and O–H groups in total. The molecule has 1 aliphatic heterocycles. The first-order valence-electron chi connectivity index (χ1n) is 8.44. The topological polar surface area (TPSA) is 38.8 Å². The van der Waals surface area contributed by atoms with Gasteiger partial charge in [-0.05, 0) is 42.3 Å². The Hall–Kier alpha value is -2.40. The van der Waals surface area contributed by atoms with Crippen LogP contribution >= 0.6 is 0 Å². The molecule has 1 fully saturated rings. The van der Waals surface area contributed by atoms with Crippen LogP contribution in [-0.4, -0.2) is 43.2 Å². The fourth-order valence-corrected chi connectivity index (χ4v) is 2.85. The zero-order chi connectivity index (χ0) is 17.6. The van der Waals surface area contributed by atoms with Crippen molar-refractivity contribution >= 4 is 5.91 Å². The first-order chi connectivity index (χ1) is 12.1. The van der Waals surface area contributed by atoms with E-state index in [0.717, 1.165) is 11.1 Å². The summed E-state index contributed by atoms with van der Waals surface area (Å²) in [4.78, 5) is 14.4. The van der Waals surface area contributed by atoms with E-state index in [0.29, 0.717) is 38.5 Å². The Kier molecular flexibility index (Phi) is 5.66. The van der Waals surface area contributed by atoms with Crippen LogP contribution in [0.5, 0.6) is 5.75 Å². The van der Waals surface area contributed by atoms with Crippen LogP contribution in [0.1, 0.15) is 11.1 Å². The van der Waals surface area contributed by atoms with Crippen molar-refractivity contribution < 1.29 is 18.7 Å². The Bertz CT molecular complexity index is 717. The number of carbonyl (C=O) groups is 1. The van der Waals surface area contributed by atoms with Gasteiger partial charge in [-0.2, -0.15) is 0 Å². The van der Waals surface area contributed by atoms with E-state index in [1.165, 1.54) is 12.1 Å². The second-order valence-electron chi connectivity index (χ2n) is 6.20. The molecule has 2 aromatic carbocycles. The van der Waals surface area contributed by atoms with Crippen LogP contribution in [0.4, 0.5) is 4.39 Å². The van der Waals surface area contributed by atoms with E-state index >= 15 is 0 Å². The van der Waals surface area contributed by atoms with Crippen molar-refractivity contribution in [2.75, 3.05) is 26.3 Å². The maximum Gasteiger partial charge on any atom is 0.227 e. The molecule has 1 unspecified atom stereocenters. The van der Waals surface area contributed by atoms with Crippen molar-refractivity contribution in [3.63, 3.8) is 0 Å². The summed E-state index contributed by atoms with van der Waals surface area (Å²) in [5.74, 6) is 0.395. The molecule has 0 bridgehead atoms. The summed E-state index contributed by atoms with van der Waals surface area (Å²) in [6, 6.07) is 13.8. The largest absolute Gasteiger partial charge is 0.491 e. The molecule has 1 saturated heterocycles. The van der Waals surface area contributed by atoms with E-state index < -0.39 is 0 Å². The molecule has 132 valence electrons. The standard InChI is InChI=1S/C20H22FNO3/c1-15-4-2-3-5-16(15)12-20(23)22-10-11-24-19(13-22)14-25-18-8-6-17(21)7-9-18/h2-9,19H,10-14H2,1H3. The van der Waals surface area contributed by atoms with Crippen LogP contribution < -0.4 is 4.74 Å². The molecule has 0 saturated carbocycles. The third-order valence-electron chi connectivity index (χ3n) is 4.34. The number of hydrogen-bond donors (Lipinski definition) is 0. The van der Waals surface area contributed by atoms with Gasteiger partial charge in [-0.15, -0.1) is 0 Å². The predicted octanol–water partition coefficient (Wildman–Crippen LogP) is 2.98. The maximum atomic E-state index is 12.9. The summed E-state index contributed by atoms with van der Waals surface area (Å²) in [5, 5.41) is 0. The van der Waals surface area contributed by atoms with Crippen molar-refractivity contribution in [1.29, 1.82) is 0 Å². The summed E-state index contributed by atoms with van der Waals surface area (Å²) < 4.78 is 24.2. The van der Waals surface area contributed by atoms with Gasteiger partial charge < -0.3 is 14.4 Å². The lowest BCUT2D eigenvalue weighted by molar-refractivity contribution is -0.139. The number of aryl methyl sites for hydroxylation is 1. The SMILES string of the molecule is Cc1ccccc1CC(=O)N1CCOC(COc2ccc(F)cc2)C1. The molecule has 4 nitrogen and oxygen atoms in total. The highest BCUT2D eigenvalue weighted by atomic mass is 19.1. The molecule has 0 radical (unpaired) electrons. The molecule has 5 heteroatoms. The van der Waals surface area contributed by atoms with Crippen molar-refractivity contribution in [1.82, 2.24) is 4.90 Å². The highest BCUT2D eigenvalue weighted by Crippen LogP contribution is 2.15. The monoisotopic (exact) mass is 343 g/mol. The lowest BCUT2D eigenvalue weighted by Gasteiger charge is -2.33. The Morgan fingerprint density at radius 2 is 2.00 bits per heavy atom. The Labute approximate surface area is 147 Å². The average Bonchev–Trinajstić information content (AvgIpc) is 2.63. The fourth-order valence-electron chi connectivity index (χ4n) is 2.85. The van der Waals surface area contributed by atoms with Gasteiger partial charge in [0.15, 0.2) is 0 Å². The summed E-state index contributed by atoms with van der Waals surface area (Å²) in [5.41, 5.74) is 2.18. The molecule has 1 heterocycles. The Morgan fingerprint density at radius 1 is 1.24 bits per heavy atom. The van der Waals surface area contributed by atoms with E-state index in [1.54, 1.807) is 12.1 Å². The number of benzene rings is 2. The number of hydrogen-bond acceptors (Lipinski definition) is 3. The van der Waals surface area contributed by atoms with E-state index in [1.807, 2.05) is 36.1 Å². The number of carbonyl (C=O) groups excluding carboxylic acids is 1. The number of amides is 1. The van der Waals surface area contributed by atoms with Crippen molar-refractivity contribution in [2.24, 2.45) is 0 Å². The lowest BCUT2D eigenvalue weighted by Crippen LogP contribution is -2.48. The third-order valence-corrected chi connectivity index (χ3v) is 4.34. The maximum absolute atomic E-state index is 12.9. The molecule has 25 heavy (non-hydrogen) atoms. The Balaban J connectivity index is 1.52. The number of ether oxygens (including phenoxy) is 2. The van der Waals surface area contributed by atoms with E-state index in [-0.39, 0.29) is 17.8 Å². The minimum Gasteiger partial charge on any atom is -0.491 e. The van der Waals surface area contributed by atoms with Gasteiger partial charge in [0.25, 0.3) is 0 Å². The zero-order valence-electron chi connectivity index (χ0n) is 14.3. The molecule has 1 aliphatic rings. The first-order valence-corrected chi connectivity index (χ1v) is 8.44. The summed E-state index contributed by atoms with van der Waals surface area (Å²) in [7, 11) is 0. The molecule has 3 rings (SSSR count). The number of rotatable bonds is 5. The van der Waals surface area contributed by atoms with Crippen molar-refractivity contribution in [3.05, 3.63) is 65.5 Å². The fraction of sp³-hybridized carbons (Fsp3) is 0.350. The number of nitrogens with zero attached hydrogens (tertiary/aromatic N) is 1. The van der Waals surface area contributed by atoms with Gasteiger partial charge >= 0.3 is 0 Å². The van der Waals surface area contributed by atoms with Gasteiger partial charge in [-0.1, -0.05) is 24.3 Å². The molecule has 1 amide bonds. The zero-order valence-corrected chi connectivity index (χ0v) is 14.3.